The highest BCUT2D eigenvalue weighted by Crippen LogP contribution is 2.19. The fourth-order valence-corrected chi connectivity index (χ4v) is 1.09. The zero-order valence-electron chi connectivity index (χ0n) is 10.5. The normalized spacial score (nSPS) is 11.9. The van der Waals surface area contributed by atoms with Gasteiger partial charge in [-0.05, 0) is 5.92 Å². The molecule has 0 aliphatic heterocycles. The van der Waals surface area contributed by atoms with Crippen LogP contribution in [0.4, 0.5) is 13.2 Å². The zero-order valence-corrected chi connectivity index (χ0v) is 10.5. The molecular weight excluding hydrogens is 235 g/mol. The second-order valence-electron chi connectivity index (χ2n) is 4.40. The smallest absolute Gasteiger partial charge is 0.381 e. The first-order chi connectivity index (χ1) is 7.72. The molecule has 0 fully saturated rings. The van der Waals surface area contributed by atoms with E-state index in [2.05, 4.69) is 0 Å². The molecule has 3 nitrogen and oxygen atoms in total. The minimum atomic E-state index is -4.22. The Morgan fingerprint density at radius 1 is 1.35 bits per heavy atom. The molecule has 0 aromatic carbocycles. The van der Waals surface area contributed by atoms with Crippen molar-refractivity contribution < 1.29 is 22.7 Å². The van der Waals surface area contributed by atoms with Crippen molar-refractivity contribution in [2.24, 2.45) is 5.92 Å². The van der Waals surface area contributed by atoms with Gasteiger partial charge in [0, 0.05) is 20.2 Å². The van der Waals surface area contributed by atoms with Gasteiger partial charge in [0.1, 0.15) is 0 Å². The van der Waals surface area contributed by atoms with Gasteiger partial charge < -0.3 is 9.64 Å². The van der Waals surface area contributed by atoms with E-state index in [1.54, 1.807) is 0 Å². The summed E-state index contributed by atoms with van der Waals surface area (Å²) in [6.07, 6.45) is -5.06. The number of rotatable bonds is 7. The Labute approximate surface area is 99.9 Å². The molecule has 0 atom stereocenters. The van der Waals surface area contributed by atoms with E-state index < -0.39 is 12.6 Å². The average molecular weight is 255 g/mol. The van der Waals surface area contributed by atoms with Crippen LogP contribution in [0.15, 0.2) is 0 Å². The first-order valence-corrected chi connectivity index (χ1v) is 5.61. The predicted octanol–water partition coefficient (Wildman–Crippen LogP) is 2.46. The van der Waals surface area contributed by atoms with Crippen LogP contribution >= 0.6 is 0 Å². The summed E-state index contributed by atoms with van der Waals surface area (Å²) < 4.78 is 40.9. The van der Waals surface area contributed by atoms with E-state index in [-0.39, 0.29) is 25.5 Å². The quantitative estimate of drug-likeness (QED) is 0.654. The first kappa shape index (κ1) is 16.2. The molecule has 0 saturated carbocycles. The van der Waals surface area contributed by atoms with Crippen molar-refractivity contribution in [1.82, 2.24) is 4.90 Å². The minimum absolute atomic E-state index is 0.126. The molecule has 0 heterocycles. The summed E-state index contributed by atoms with van der Waals surface area (Å²) >= 11 is 0. The zero-order chi connectivity index (χ0) is 13.5. The molecule has 0 unspecified atom stereocenters. The maximum Gasteiger partial charge on any atom is 0.390 e. The third-order valence-corrected chi connectivity index (χ3v) is 2.07. The van der Waals surface area contributed by atoms with Gasteiger partial charge >= 0.3 is 6.18 Å². The number of amides is 1. The van der Waals surface area contributed by atoms with E-state index >= 15 is 0 Å². The molecule has 0 aliphatic rings. The number of ether oxygens (including phenoxy) is 1. The summed E-state index contributed by atoms with van der Waals surface area (Å²) in [6, 6.07) is 0. The van der Waals surface area contributed by atoms with Gasteiger partial charge in [-0.25, -0.2) is 0 Å². The largest absolute Gasteiger partial charge is 0.390 e. The number of hydrogen-bond donors (Lipinski definition) is 0. The average Bonchev–Trinajstić information content (AvgIpc) is 2.19. The van der Waals surface area contributed by atoms with Gasteiger partial charge in [0.2, 0.25) is 5.91 Å². The van der Waals surface area contributed by atoms with Crippen LogP contribution < -0.4 is 0 Å². The number of carbonyl (C=O) groups excluding carboxylic acids is 1. The molecule has 0 aromatic heterocycles. The second-order valence-corrected chi connectivity index (χ2v) is 4.40. The second kappa shape index (κ2) is 7.53. The summed E-state index contributed by atoms with van der Waals surface area (Å²) in [4.78, 5) is 12.5. The highest BCUT2D eigenvalue weighted by Gasteiger charge is 2.27. The summed E-state index contributed by atoms with van der Waals surface area (Å²) in [7, 11) is 1.37. The molecule has 1 amide bonds. The molecule has 0 spiro atoms. The van der Waals surface area contributed by atoms with Gasteiger partial charge in [-0.1, -0.05) is 13.8 Å². The summed E-state index contributed by atoms with van der Waals surface area (Å²) in [6.45, 7) is 4.48. The lowest BCUT2D eigenvalue weighted by molar-refractivity contribution is -0.144. The molecule has 0 radical (unpaired) electrons. The Morgan fingerprint density at radius 3 is 2.41 bits per heavy atom. The SMILES string of the molecule is CC(C)COCCC(=O)N(C)CCC(F)(F)F. The van der Waals surface area contributed by atoms with Crippen LogP contribution in [0, 0.1) is 5.92 Å². The Hall–Kier alpha value is -0.780. The van der Waals surface area contributed by atoms with E-state index in [9.17, 15) is 18.0 Å². The lowest BCUT2D eigenvalue weighted by atomic mass is 10.2. The third-order valence-electron chi connectivity index (χ3n) is 2.07. The van der Waals surface area contributed by atoms with Crippen LogP contribution in [0.3, 0.4) is 0 Å². The molecular formula is C11H20F3NO2. The Kier molecular flexibility index (Phi) is 7.18. The van der Waals surface area contributed by atoms with Crippen molar-refractivity contribution in [3.05, 3.63) is 0 Å². The number of hydrogen-bond acceptors (Lipinski definition) is 2. The van der Waals surface area contributed by atoms with Crippen molar-refractivity contribution in [2.45, 2.75) is 32.9 Å². The molecule has 0 N–H and O–H groups in total. The Morgan fingerprint density at radius 2 is 1.94 bits per heavy atom. The van der Waals surface area contributed by atoms with Gasteiger partial charge in [0.05, 0.1) is 19.4 Å². The number of halogens is 3. The van der Waals surface area contributed by atoms with Gasteiger partial charge in [-0.3, -0.25) is 4.79 Å². The Balaban J connectivity index is 3.68. The highest BCUT2D eigenvalue weighted by atomic mass is 19.4. The fourth-order valence-electron chi connectivity index (χ4n) is 1.09. The maximum absolute atomic E-state index is 11.9. The third kappa shape index (κ3) is 10.1. The van der Waals surface area contributed by atoms with E-state index in [4.69, 9.17) is 4.74 Å². The monoisotopic (exact) mass is 255 g/mol. The number of carbonyl (C=O) groups is 1. The van der Waals surface area contributed by atoms with Crippen LogP contribution in [0.25, 0.3) is 0 Å². The minimum Gasteiger partial charge on any atom is -0.381 e. The molecule has 0 rings (SSSR count). The number of alkyl halides is 3. The van der Waals surface area contributed by atoms with Gasteiger partial charge in [-0.2, -0.15) is 13.2 Å². The molecule has 17 heavy (non-hydrogen) atoms. The van der Waals surface area contributed by atoms with Crippen molar-refractivity contribution in [1.29, 1.82) is 0 Å². The highest BCUT2D eigenvalue weighted by molar-refractivity contribution is 5.75. The van der Waals surface area contributed by atoms with Crippen LogP contribution in [-0.2, 0) is 9.53 Å². The standard InChI is InChI=1S/C11H20F3NO2/c1-9(2)8-17-7-4-10(16)15(3)6-5-11(12,13)14/h9H,4-8H2,1-3H3. The van der Waals surface area contributed by atoms with Gasteiger partial charge in [-0.15, -0.1) is 0 Å². The molecule has 0 saturated heterocycles. The lowest BCUT2D eigenvalue weighted by Gasteiger charge is -2.18. The lowest BCUT2D eigenvalue weighted by Crippen LogP contribution is -2.31. The van der Waals surface area contributed by atoms with E-state index in [1.165, 1.54) is 7.05 Å². The molecule has 0 aromatic rings. The summed E-state index contributed by atoms with van der Waals surface area (Å²) in [5.41, 5.74) is 0. The Bertz CT molecular complexity index is 229. The summed E-state index contributed by atoms with van der Waals surface area (Å²) in [5, 5.41) is 0. The molecule has 0 aliphatic carbocycles. The molecule has 102 valence electrons. The number of nitrogens with zero attached hydrogens (tertiary/aromatic N) is 1. The van der Waals surface area contributed by atoms with E-state index in [1.807, 2.05) is 13.8 Å². The topological polar surface area (TPSA) is 29.5 Å². The van der Waals surface area contributed by atoms with Crippen LogP contribution in [-0.4, -0.2) is 43.8 Å². The van der Waals surface area contributed by atoms with Crippen molar-refractivity contribution >= 4 is 5.91 Å². The van der Waals surface area contributed by atoms with Gasteiger partial charge in [0.25, 0.3) is 0 Å². The van der Waals surface area contributed by atoms with Crippen LogP contribution in [0.5, 0.6) is 0 Å². The maximum atomic E-state index is 11.9. The van der Waals surface area contributed by atoms with Gasteiger partial charge in [0.15, 0.2) is 0 Å². The van der Waals surface area contributed by atoms with Crippen LogP contribution in [0.1, 0.15) is 26.7 Å². The van der Waals surface area contributed by atoms with E-state index in [0.717, 1.165) is 4.90 Å². The van der Waals surface area contributed by atoms with E-state index in [0.29, 0.717) is 12.5 Å². The summed E-state index contributed by atoms with van der Waals surface area (Å²) in [5.74, 6) is 0.0612. The van der Waals surface area contributed by atoms with Crippen LogP contribution in [0.2, 0.25) is 0 Å². The predicted molar refractivity (Wildman–Crippen MR) is 58.6 cm³/mol. The van der Waals surface area contributed by atoms with Crippen molar-refractivity contribution in [2.75, 3.05) is 26.8 Å². The first-order valence-electron chi connectivity index (χ1n) is 5.61. The van der Waals surface area contributed by atoms with Crippen molar-refractivity contribution in [3.8, 4) is 0 Å². The van der Waals surface area contributed by atoms with Crippen molar-refractivity contribution in [3.63, 3.8) is 0 Å². The fraction of sp³-hybridized carbons (Fsp3) is 0.909. The molecule has 6 heteroatoms. The molecule has 0 bridgehead atoms.